The first-order valence-corrected chi connectivity index (χ1v) is 8.47. The summed E-state index contributed by atoms with van der Waals surface area (Å²) in [6.45, 7) is 4.47. The number of ether oxygens (including phenoxy) is 1. The fraction of sp³-hybridized carbons (Fsp3) is 0.350. The maximum atomic E-state index is 13.0. The molecule has 1 N–H and O–H groups in total. The van der Waals surface area contributed by atoms with E-state index >= 15 is 0 Å². The number of benzene rings is 2. The Balaban J connectivity index is 0.00000225. The molecule has 25 heavy (non-hydrogen) atoms. The summed E-state index contributed by atoms with van der Waals surface area (Å²) < 4.78 is 5.17. The second-order valence-electron chi connectivity index (χ2n) is 6.04. The van der Waals surface area contributed by atoms with E-state index in [1.807, 2.05) is 29.2 Å². The zero-order valence-corrected chi connectivity index (χ0v) is 15.5. The summed E-state index contributed by atoms with van der Waals surface area (Å²) in [6, 6.07) is 16.0. The van der Waals surface area contributed by atoms with Gasteiger partial charge in [-0.1, -0.05) is 31.2 Å². The second-order valence-corrected chi connectivity index (χ2v) is 6.04. The van der Waals surface area contributed by atoms with Crippen LogP contribution in [0.1, 0.15) is 34.5 Å². The molecule has 5 heteroatoms. The Hall–Kier alpha value is -2.04. The third-order valence-electron chi connectivity index (χ3n) is 4.61. The normalized spacial score (nSPS) is 16.9. The van der Waals surface area contributed by atoms with Crippen LogP contribution < -0.4 is 10.1 Å². The van der Waals surface area contributed by atoms with Crippen LogP contribution >= 0.6 is 12.4 Å². The van der Waals surface area contributed by atoms with Gasteiger partial charge < -0.3 is 15.0 Å². The van der Waals surface area contributed by atoms with Crippen molar-refractivity contribution in [3.63, 3.8) is 0 Å². The number of amides is 1. The lowest BCUT2D eigenvalue weighted by atomic mass is 10.00. The lowest BCUT2D eigenvalue weighted by molar-refractivity contribution is 0.0634. The minimum absolute atomic E-state index is 0. The molecule has 1 saturated heterocycles. The summed E-state index contributed by atoms with van der Waals surface area (Å²) in [6.07, 6.45) is 1.03. The Bertz CT molecular complexity index is 686. The quantitative estimate of drug-likeness (QED) is 0.907. The Kier molecular flexibility index (Phi) is 6.85. The van der Waals surface area contributed by atoms with Gasteiger partial charge in [0.2, 0.25) is 0 Å². The summed E-state index contributed by atoms with van der Waals surface area (Å²) in [4.78, 5) is 14.9. The van der Waals surface area contributed by atoms with Crippen LogP contribution in [0.3, 0.4) is 0 Å². The molecule has 4 nitrogen and oxygen atoms in total. The van der Waals surface area contributed by atoms with Crippen molar-refractivity contribution in [2.45, 2.75) is 19.4 Å². The molecule has 0 spiro atoms. The van der Waals surface area contributed by atoms with E-state index in [2.05, 4.69) is 36.5 Å². The molecule has 3 rings (SSSR count). The van der Waals surface area contributed by atoms with Crippen molar-refractivity contribution in [3.05, 3.63) is 65.2 Å². The molecule has 0 aliphatic carbocycles. The van der Waals surface area contributed by atoms with E-state index in [0.717, 1.165) is 25.3 Å². The predicted molar refractivity (Wildman–Crippen MR) is 103 cm³/mol. The van der Waals surface area contributed by atoms with Crippen LogP contribution in [0, 0.1) is 0 Å². The summed E-state index contributed by atoms with van der Waals surface area (Å²) >= 11 is 0. The standard InChI is InChI=1S/C20H24N2O2.ClH/c1-3-15-4-6-16(7-5-15)19-14-21-12-13-22(19)20(23)17-8-10-18(24-2)11-9-17;/h4-11,19,21H,3,12-14H2,1-2H3;1H. The molecule has 1 amide bonds. The maximum Gasteiger partial charge on any atom is 0.254 e. The van der Waals surface area contributed by atoms with Gasteiger partial charge in [-0.15, -0.1) is 12.4 Å². The largest absolute Gasteiger partial charge is 0.497 e. The SMILES string of the molecule is CCc1ccc(C2CNCCN2C(=O)c2ccc(OC)cc2)cc1.Cl. The third kappa shape index (κ3) is 4.33. The Labute approximate surface area is 155 Å². The van der Waals surface area contributed by atoms with Gasteiger partial charge in [-0.3, -0.25) is 4.79 Å². The van der Waals surface area contributed by atoms with Gasteiger partial charge in [-0.05, 0) is 41.8 Å². The van der Waals surface area contributed by atoms with Crippen LogP contribution in [0.15, 0.2) is 48.5 Å². The average Bonchev–Trinajstić information content (AvgIpc) is 2.67. The first-order chi connectivity index (χ1) is 11.7. The molecule has 0 saturated carbocycles. The molecule has 0 aromatic heterocycles. The van der Waals surface area contributed by atoms with Gasteiger partial charge >= 0.3 is 0 Å². The van der Waals surface area contributed by atoms with Crippen LogP contribution in [0.25, 0.3) is 0 Å². The van der Waals surface area contributed by atoms with E-state index < -0.39 is 0 Å². The number of nitrogens with one attached hydrogen (secondary N) is 1. The maximum absolute atomic E-state index is 13.0. The van der Waals surface area contributed by atoms with E-state index in [0.29, 0.717) is 12.1 Å². The van der Waals surface area contributed by atoms with Gasteiger partial charge in [-0.25, -0.2) is 0 Å². The molecule has 2 aromatic carbocycles. The Morgan fingerprint density at radius 2 is 1.84 bits per heavy atom. The number of hydrogen-bond acceptors (Lipinski definition) is 3. The summed E-state index contributed by atoms with van der Waals surface area (Å²) in [5.41, 5.74) is 3.20. The number of aryl methyl sites for hydroxylation is 1. The van der Waals surface area contributed by atoms with Crippen molar-refractivity contribution in [2.75, 3.05) is 26.7 Å². The number of methoxy groups -OCH3 is 1. The van der Waals surface area contributed by atoms with E-state index in [-0.39, 0.29) is 24.4 Å². The Morgan fingerprint density at radius 1 is 1.16 bits per heavy atom. The molecule has 0 bridgehead atoms. The molecule has 1 aliphatic rings. The van der Waals surface area contributed by atoms with Crippen molar-refractivity contribution in [3.8, 4) is 5.75 Å². The van der Waals surface area contributed by atoms with Crippen LogP contribution in [0.2, 0.25) is 0 Å². The van der Waals surface area contributed by atoms with Crippen molar-refractivity contribution < 1.29 is 9.53 Å². The molecular weight excluding hydrogens is 336 g/mol. The fourth-order valence-electron chi connectivity index (χ4n) is 3.12. The number of carbonyl (C=O) groups is 1. The first kappa shape index (κ1) is 19.3. The van der Waals surface area contributed by atoms with Gasteiger partial charge in [0.15, 0.2) is 0 Å². The lowest BCUT2D eigenvalue weighted by Gasteiger charge is -2.36. The molecule has 0 radical (unpaired) electrons. The molecule has 1 heterocycles. The highest BCUT2D eigenvalue weighted by molar-refractivity contribution is 5.94. The monoisotopic (exact) mass is 360 g/mol. The molecular formula is C20H25ClN2O2. The highest BCUT2D eigenvalue weighted by Gasteiger charge is 2.28. The summed E-state index contributed by atoms with van der Waals surface area (Å²) in [5.74, 6) is 0.835. The van der Waals surface area contributed by atoms with E-state index in [1.165, 1.54) is 11.1 Å². The summed E-state index contributed by atoms with van der Waals surface area (Å²) in [5, 5.41) is 3.40. The molecule has 1 atom stereocenters. The van der Waals surface area contributed by atoms with Crippen molar-refractivity contribution in [2.24, 2.45) is 0 Å². The van der Waals surface area contributed by atoms with E-state index in [4.69, 9.17) is 4.74 Å². The fourth-order valence-corrected chi connectivity index (χ4v) is 3.12. The first-order valence-electron chi connectivity index (χ1n) is 8.47. The molecule has 2 aromatic rings. The van der Waals surface area contributed by atoms with Crippen LogP contribution in [-0.2, 0) is 6.42 Å². The topological polar surface area (TPSA) is 41.6 Å². The molecule has 1 fully saturated rings. The number of rotatable bonds is 4. The highest BCUT2D eigenvalue weighted by atomic mass is 35.5. The highest BCUT2D eigenvalue weighted by Crippen LogP contribution is 2.25. The smallest absolute Gasteiger partial charge is 0.254 e. The van der Waals surface area contributed by atoms with Gasteiger partial charge in [0.25, 0.3) is 5.91 Å². The second kappa shape index (κ2) is 8.88. The predicted octanol–water partition coefficient (Wildman–Crippen LogP) is 3.47. The van der Waals surface area contributed by atoms with E-state index in [1.54, 1.807) is 7.11 Å². The third-order valence-corrected chi connectivity index (χ3v) is 4.61. The van der Waals surface area contributed by atoms with Gasteiger partial charge in [0.05, 0.1) is 13.2 Å². The zero-order chi connectivity index (χ0) is 16.9. The van der Waals surface area contributed by atoms with Crippen LogP contribution in [0.5, 0.6) is 5.75 Å². The van der Waals surface area contributed by atoms with Crippen molar-refractivity contribution in [1.82, 2.24) is 10.2 Å². The number of piperazine rings is 1. The van der Waals surface area contributed by atoms with Crippen molar-refractivity contribution in [1.29, 1.82) is 0 Å². The summed E-state index contributed by atoms with van der Waals surface area (Å²) in [7, 11) is 1.63. The zero-order valence-electron chi connectivity index (χ0n) is 14.7. The van der Waals surface area contributed by atoms with Gasteiger partial charge in [0.1, 0.15) is 5.75 Å². The number of nitrogens with zero attached hydrogens (tertiary/aromatic N) is 1. The van der Waals surface area contributed by atoms with Crippen LogP contribution in [0.4, 0.5) is 0 Å². The molecule has 134 valence electrons. The minimum atomic E-state index is 0. The Morgan fingerprint density at radius 3 is 2.44 bits per heavy atom. The number of hydrogen-bond donors (Lipinski definition) is 1. The number of halogens is 1. The van der Waals surface area contributed by atoms with Gasteiger partial charge in [0, 0.05) is 25.2 Å². The van der Waals surface area contributed by atoms with E-state index in [9.17, 15) is 4.79 Å². The van der Waals surface area contributed by atoms with Gasteiger partial charge in [-0.2, -0.15) is 0 Å². The average molecular weight is 361 g/mol. The van der Waals surface area contributed by atoms with Crippen LogP contribution in [-0.4, -0.2) is 37.6 Å². The van der Waals surface area contributed by atoms with Crippen molar-refractivity contribution >= 4 is 18.3 Å². The molecule has 1 aliphatic heterocycles. The number of carbonyl (C=O) groups excluding carboxylic acids is 1. The minimum Gasteiger partial charge on any atom is -0.497 e. The molecule has 1 unspecified atom stereocenters. The lowest BCUT2D eigenvalue weighted by Crippen LogP contribution is -2.48.